The van der Waals surface area contributed by atoms with E-state index >= 15 is 0 Å². The summed E-state index contributed by atoms with van der Waals surface area (Å²) in [5.74, 6) is 0.440. The summed E-state index contributed by atoms with van der Waals surface area (Å²) in [6.07, 6.45) is 2.73. The highest BCUT2D eigenvalue weighted by Crippen LogP contribution is 2.37. The van der Waals surface area contributed by atoms with Gasteiger partial charge in [-0.25, -0.2) is 9.38 Å². The molecule has 1 aliphatic heterocycles. The van der Waals surface area contributed by atoms with E-state index in [0.29, 0.717) is 38.2 Å². The Morgan fingerprint density at radius 2 is 1.80 bits per heavy atom. The third-order valence-electron chi connectivity index (χ3n) is 5.22. The van der Waals surface area contributed by atoms with Gasteiger partial charge in [0.1, 0.15) is 12.4 Å². The summed E-state index contributed by atoms with van der Waals surface area (Å²) in [4.78, 5) is 17.6. The summed E-state index contributed by atoms with van der Waals surface area (Å²) in [5.41, 5.74) is 3.21. The first kappa shape index (κ1) is 25.0. The molecule has 180 valence electrons. The lowest BCUT2D eigenvalue weighted by Crippen LogP contribution is -2.19. The minimum Gasteiger partial charge on any atom is -0.490 e. The van der Waals surface area contributed by atoms with Gasteiger partial charge in [-0.15, -0.1) is 0 Å². The number of hydrogen-bond donors (Lipinski definition) is 1. The van der Waals surface area contributed by atoms with Crippen molar-refractivity contribution in [2.75, 3.05) is 6.61 Å². The van der Waals surface area contributed by atoms with Crippen molar-refractivity contribution in [1.82, 2.24) is 5.32 Å². The number of amides is 1. The number of amidine groups is 1. The molecule has 4 rings (SSSR count). The molecule has 1 fully saturated rings. The van der Waals surface area contributed by atoms with Crippen molar-refractivity contribution < 1.29 is 18.7 Å². The smallest absolute Gasteiger partial charge is 0.264 e. The first-order chi connectivity index (χ1) is 17.0. The number of benzene rings is 3. The Hall–Kier alpha value is -3.10. The minimum atomic E-state index is -0.325. The first-order valence-electron chi connectivity index (χ1n) is 11.2. The second-order valence-electron chi connectivity index (χ2n) is 7.64. The summed E-state index contributed by atoms with van der Waals surface area (Å²) in [7, 11) is 0. The first-order valence-corrected chi connectivity index (χ1v) is 12.8. The lowest BCUT2D eigenvalue weighted by atomic mass is 10.1. The summed E-state index contributed by atoms with van der Waals surface area (Å²) >= 11 is 4.83. The molecule has 3 aromatic carbocycles. The molecule has 1 aliphatic rings. The monoisotopic (exact) mass is 554 g/mol. The zero-order valence-electron chi connectivity index (χ0n) is 19.3. The molecule has 1 amide bonds. The number of aliphatic imine (C=N–C) groups is 1. The Balaban J connectivity index is 1.55. The van der Waals surface area contributed by atoms with Crippen LogP contribution in [0.5, 0.6) is 11.5 Å². The number of thioether (sulfide) groups is 1. The number of nitrogens with one attached hydrogen (secondary N) is 1. The zero-order valence-corrected chi connectivity index (χ0v) is 21.7. The lowest BCUT2D eigenvalue weighted by Gasteiger charge is -2.14. The molecule has 0 unspecified atom stereocenters. The van der Waals surface area contributed by atoms with Crippen LogP contribution in [-0.4, -0.2) is 17.7 Å². The van der Waals surface area contributed by atoms with Gasteiger partial charge in [0.25, 0.3) is 5.91 Å². The lowest BCUT2D eigenvalue weighted by molar-refractivity contribution is -0.115. The van der Waals surface area contributed by atoms with Crippen LogP contribution in [0.2, 0.25) is 0 Å². The average molecular weight is 555 g/mol. The normalized spacial score (nSPS) is 15.5. The molecule has 1 saturated heterocycles. The van der Waals surface area contributed by atoms with E-state index in [-0.39, 0.29) is 18.3 Å². The van der Waals surface area contributed by atoms with Crippen LogP contribution in [-0.2, 0) is 17.8 Å². The Bertz CT molecular complexity index is 1290. The number of hydrogen-bond acceptors (Lipinski definition) is 5. The van der Waals surface area contributed by atoms with Gasteiger partial charge in [0.2, 0.25) is 0 Å². The van der Waals surface area contributed by atoms with Gasteiger partial charge in [0.05, 0.1) is 17.2 Å². The maximum atomic E-state index is 14.0. The fraction of sp³-hybridized carbons (Fsp3) is 0.185. The van der Waals surface area contributed by atoms with Crippen molar-refractivity contribution >= 4 is 50.5 Å². The second-order valence-corrected chi connectivity index (χ2v) is 9.52. The van der Waals surface area contributed by atoms with E-state index in [9.17, 15) is 9.18 Å². The van der Waals surface area contributed by atoms with Gasteiger partial charge >= 0.3 is 0 Å². The molecule has 3 aromatic rings. The molecule has 0 bridgehead atoms. The maximum absolute atomic E-state index is 14.0. The predicted molar refractivity (Wildman–Crippen MR) is 143 cm³/mol. The Labute approximate surface area is 216 Å². The topological polar surface area (TPSA) is 59.9 Å². The SMILES string of the molecule is CCOc1cc(/C=C2\SC(=Nc3ccc(CC)cc3)NC2=O)c(Br)cc1OCc1ccccc1F. The van der Waals surface area contributed by atoms with E-state index in [1.807, 2.05) is 31.2 Å². The van der Waals surface area contributed by atoms with Gasteiger partial charge in [-0.05, 0) is 72.6 Å². The van der Waals surface area contributed by atoms with Crippen molar-refractivity contribution in [1.29, 1.82) is 0 Å². The number of nitrogens with zero attached hydrogens (tertiary/aromatic N) is 1. The van der Waals surface area contributed by atoms with E-state index in [1.165, 1.54) is 23.4 Å². The zero-order chi connectivity index (χ0) is 24.8. The van der Waals surface area contributed by atoms with Crippen molar-refractivity contribution in [3.63, 3.8) is 0 Å². The van der Waals surface area contributed by atoms with E-state index < -0.39 is 0 Å². The molecule has 0 radical (unpaired) electrons. The number of aryl methyl sites for hydroxylation is 1. The Morgan fingerprint density at radius 1 is 1.06 bits per heavy atom. The highest BCUT2D eigenvalue weighted by Gasteiger charge is 2.24. The molecule has 1 N–H and O–H groups in total. The molecule has 1 heterocycles. The molecule has 0 aromatic heterocycles. The fourth-order valence-corrected chi connectivity index (χ4v) is 4.63. The third kappa shape index (κ3) is 6.32. The van der Waals surface area contributed by atoms with Gasteiger partial charge in [0.15, 0.2) is 16.7 Å². The van der Waals surface area contributed by atoms with Gasteiger partial charge in [-0.3, -0.25) is 4.79 Å². The van der Waals surface area contributed by atoms with E-state index in [2.05, 4.69) is 33.2 Å². The molecule has 5 nitrogen and oxygen atoms in total. The fourth-order valence-electron chi connectivity index (χ4n) is 3.36. The standard InChI is InChI=1S/C27H24BrFN2O3S/c1-3-17-9-11-20(12-10-17)30-27-31-26(32)25(35-27)14-19-13-23(33-4-2)24(15-21(19)28)34-16-18-7-5-6-8-22(18)29/h5-15H,3-4,16H2,1-2H3,(H,30,31,32)/b25-14-. The molecular weight excluding hydrogens is 531 g/mol. The van der Waals surface area contributed by atoms with Crippen molar-refractivity contribution in [3.05, 3.63) is 92.5 Å². The number of carbonyl (C=O) groups is 1. The van der Waals surface area contributed by atoms with E-state index in [0.717, 1.165) is 17.7 Å². The molecule has 0 saturated carbocycles. The van der Waals surface area contributed by atoms with Crippen LogP contribution >= 0.6 is 27.7 Å². The van der Waals surface area contributed by atoms with Crippen LogP contribution in [0.15, 0.2) is 75.0 Å². The largest absolute Gasteiger partial charge is 0.490 e. The number of ether oxygens (including phenoxy) is 2. The summed E-state index contributed by atoms with van der Waals surface area (Å²) in [6.45, 7) is 4.46. The Morgan fingerprint density at radius 3 is 2.51 bits per heavy atom. The molecule has 8 heteroatoms. The van der Waals surface area contributed by atoms with Crippen LogP contribution < -0.4 is 14.8 Å². The van der Waals surface area contributed by atoms with Gasteiger partial charge in [0, 0.05) is 10.0 Å². The molecule has 0 spiro atoms. The van der Waals surface area contributed by atoms with Crippen molar-refractivity contribution in [2.24, 2.45) is 4.99 Å². The van der Waals surface area contributed by atoms with E-state index in [4.69, 9.17) is 9.47 Å². The van der Waals surface area contributed by atoms with Crippen molar-refractivity contribution in [3.8, 4) is 11.5 Å². The van der Waals surface area contributed by atoms with Crippen LogP contribution in [0.25, 0.3) is 6.08 Å². The van der Waals surface area contributed by atoms with Gasteiger partial charge in [-0.1, -0.05) is 53.2 Å². The van der Waals surface area contributed by atoms with Crippen LogP contribution in [0.3, 0.4) is 0 Å². The summed E-state index contributed by atoms with van der Waals surface area (Å²) in [6, 6.07) is 18.0. The minimum absolute atomic E-state index is 0.0664. The maximum Gasteiger partial charge on any atom is 0.264 e. The highest BCUT2D eigenvalue weighted by molar-refractivity contribution is 9.10. The molecular formula is C27H24BrFN2O3S. The number of rotatable bonds is 8. The summed E-state index contributed by atoms with van der Waals surface area (Å²) < 4.78 is 26.3. The Kier molecular flexibility index (Phi) is 8.25. The number of carbonyl (C=O) groups excluding carboxylic acids is 1. The quantitative estimate of drug-likeness (QED) is 0.304. The third-order valence-corrected chi connectivity index (χ3v) is 6.81. The number of halogens is 2. The molecule has 0 atom stereocenters. The van der Waals surface area contributed by atoms with Crippen LogP contribution in [0, 0.1) is 5.82 Å². The molecule has 35 heavy (non-hydrogen) atoms. The highest BCUT2D eigenvalue weighted by atomic mass is 79.9. The average Bonchev–Trinajstić information content (AvgIpc) is 3.19. The molecule has 0 aliphatic carbocycles. The van der Waals surface area contributed by atoms with Gasteiger partial charge in [-0.2, -0.15) is 0 Å². The van der Waals surface area contributed by atoms with Crippen LogP contribution in [0.1, 0.15) is 30.5 Å². The second kappa shape index (κ2) is 11.6. The summed E-state index contributed by atoms with van der Waals surface area (Å²) in [5, 5.41) is 3.34. The van der Waals surface area contributed by atoms with Crippen molar-refractivity contribution in [2.45, 2.75) is 26.9 Å². The predicted octanol–water partition coefficient (Wildman–Crippen LogP) is 7.02. The van der Waals surface area contributed by atoms with Gasteiger partial charge < -0.3 is 14.8 Å². The van der Waals surface area contributed by atoms with E-state index in [1.54, 1.807) is 36.4 Å². The van der Waals surface area contributed by atoms with Crippen LogP contribution in [0.4, 0.5) is 10.1 Å².